The van der Waals surface area contributed by atoms with E-state index in [1.54, 1.807) is 6.07 Å². The van der Waals surface area contributed by atoms with Crippen LogP contribution in [-0.2, 0) is 0 Å². The highest BCUT2D eigenvalue weighted by Crippen LogP contribution is 2.23. The van der Waals surface area contributed by atoms with Crippen LogP contribution in [0.15, 0.2) is 28.7 Å². The van der Waals surface area contributed by atoms with Crippen molar-refractivity contribution >= 4 is 33.3 Å². The lowest BCUT2D eigenvalue weighted by Crippen LogP contribution is -2.05. The molecule has 2 aromatic rings. The Kier molecular flexibility index (Phi) is 4.53. The highest BCUT2D eigenvalue weighted by molar-refractivity contribution is 9.10. The van der Waals surface area contributed by atoms with Crippen molar-refractivity contribution < 1.29 is 0 Å². The second-order valence-corrected chi connectivity index (χ2v) is 5.20. The molecule has 102 valence electrons. The van der Waals surface area contributed by atoms with E-state index in [-0.39, 0.29) is 6.54 Å². The number of nitrogens with zero attached hydrogens (tertiary/aromatic N) is 3. The fraction of sp³-hybridized carbons (Fsp3) is 0.214. The summed E-state index contributed by atoms with van der Waals surface area (Å²) in [6.45, 7) is 4.06. The fourth-order valence-corrected chi connectivity index (χ4v) is 2.23. The molecule has 2 N–H and O–H groups in total. The highest BCUT2D eigenvalue weighted by atomic mass is 79.9. The minimum atomic E-state index is 0.215. The predicted molar refractivity (Wildman–Crippen MR) is 83.0 cm³/mol. The quantitative estimate of drug-likeness (QED) is 0.838. The highest BCUT2D eigenvalue weighted by Gasteiger charge is 2.04. The first-order valence-corrected chi connectivity index (χ1v) is 6.87. The van der Waals surface area contributed by atoms with E-state index in [2.05, 4.69) is 36.5 Å². The average molecular weight is 332 g/mol. The lowest BCUT2D eigenvalue weighted by Gasteiger charge is -2.11. The van der Waals surface area contributed by atoms with Gasteiger partial charge in [0, 0.05) is 16.2 Å². The zero-order chi connectivity index (χ0) is 14.5. The predicted octanol–water partition coefficient (Wildman–Crippen LogP) is 3.54. The number of benzene rings is 1. The number of hydrogen-bond donors (Lipinski definition) is 2. The summed E-state index contributed by atoms with van der Waals surface area (Å²) >= 11 is 3.44. The number of nitriles is 1. The maximum atomic E-state index is 8.59. The van der Waals surface area contributed by atoms with Crippen molar-refractivity contribution in [2.75, 3.05) is 17.2 Å². The van der Waals surface area contributed by atoms with Crippen LogP contribution in [-0.4, -0.2) is 16.5 Å². The van der Waals surface area contributed by atoms with Gasteiger partial charge in [-0.05, 0) is 37.6 Å². The van der Waals surface area contributed by atoms with Gasteiger partial charge in [0.2, 0.25) is 0 Å². The Bertz CT molecular complexity index is 663. The molecule has 0 aliphatic heterocycles. The van der Waals surface area contributed by atoms with Crippen LogP contribution >= 0.6 is 15.9 Å². The smallest absolute Gasteiger partial charge is 0.136 e. The summed E-state index contributed by atoms with van der Waals surface area (Å²) in [7, 11) is 0. The first-order valence-electron chi connectivity index (χ1n) is 6.08. The Hall–Kier alpha value is -2.13. The van der Waals surface area contributed by atoms with Crippen LogP contribution in [0.2, 0.25) is 0 Å². The SMILES string of the molecule is Cc1nc(NCC#N)cc(Nc2ccc(Br)cc2C)n1. The largest absolute Gasteiger partial charge is 0.357 e. The number of hydrogen-bond acceptors (Lipinski definition) is 5. The second-order valence-electron chi connectivity index (χ2n) is 4.28. The van der Waals surface area contributed by atoms with Gasteiger partial charge in [-0.1, -0.05) is 15.9 Å². The Morgan fingerprint density at radius 2 is 1.95 bits per heavy atom. The van der Waals surface area contributed by atoms with Gasteiger partial charge in [0.1, 0.15) is 24.0 Å². The normalized spacial score (nSPS) is 9.90. The van der Waals surface area contributed by atoms with Crippen molar-refractivity contribution in [3.63, 3.8) is 0 Å². The van der Waals surface area contributed by atoms with Crippen LogP contribution in [0, 0.1) is 25.2 Å². The summed E-state index contributed by atoms with van der Waals surface area (Å²) in [5.74, 6) is 1.98. The van der Waals surface area contributed by atoms with Crippen molar-refractivity contribution in [1.29, 1.82) is 5.26 Å². The van der Waals surface area contributed by atoms with Crippen LogP contribution < -0.4 is 10.6 Å². The summed E-state index contributed by atoms with van der Waals surface area (Å²) in [6, 6.07) is 9.80. The molecule has 0 fully saturated rings. The van der Waals surface area contributed by atoms with Gasteiger partial charge in [0.15, 0.2) is 0 Å². The lowest BCUT2D eigenvalue weighted by molar-refractivity contribution is 1.05. The molecule has 0 aliphatic carbocycles. The molecular formula is C14H14BrN5. The zero-order valence-corrected chi connectivity index (χ0v) is 12.8. The molecule has 0 bridgehead atoms. The molecule has 20 heavy (non-hydrogen) atoms. The molecule has 2 rings (SSSR count). The van der Waals surface area contributed by atoms with Gasteiger partial charge in [-0.25, -0.2) is 9.97 Å². The maximum Gasteiger partial charge on any atom is 0.136 e. The van der Waals surface area contributed by atoms with E-state index >= 15 is 0 Å². The van der Waals surface area contributed by atoms with E-state index in [0.717, 1.165) is 15.7 Å². The van der Waals surface area contributed by atoms with Crippen LogP contribution in [0.5, 0.6) is 0 Å². The molecule has 0 radical (unpaired) electrons. The first kappa shape index (κ1) is 14.3. The van der Waals surface area contributed by atoms with Crippen LogP contribution in [0.4, 0.5) is 17.3 Å². The van der Waals surface area contributed by atoms with Crippen LogP contribution in [0.1, 0.15) is 11.4 Å². The van der Waals surface area contributed by atoms with Crippen molar-refractivity contribution in [3.05, 3.63) is 40.1 Å². The average Bonchev–Trinajstić information content (AvgIpc) is 2.39. The Morgan fingerprint density at radius 3 is 2.65 bits per heavy atom. The van der Waals surface area contributed by atoms with Crippen LogP contribution in [0.3, 0.4) is 0 Å². The van der Waals surface area contributed by atoms with Crippen molar-refractivity contribution in [2.45, 2.75) is 13.8 Å². The molecular weight excluding hydrogens is 318 g/mol. The molecule has 1 heterocycles. The summed E-state index contributed by atoms with van der Waals surface area (Å²) in [5, 5.41) is 14.8. The molecule has 0 spiro atoms. The molecule has 0 unspecified atom stereocenters. The summed E-state index contributed by atoms with van der Waals surface area (Å²) in [5.41, 5.74) is 2.10. The molecule has 1 aromatic carbocycles. The summed E-state index contributed by atoms with van der Waals surface area (Å²) in [6.07, 6.45) is 0. The van der Waals surface area contributed by atoms with E-state index in [1.807, 2.05) is 38.1 Å². The number of anilines is 3. The molecule has 5 nitrogen and oxygen atoms in total. The van der Waals surface area contributed by atoms with Crippen molar-refractivity contribution in [3.8, 4) is 6.07 Å². The Labute approximate surface area is 126 Å². The molecule has 0 aliphatic rings. The number of aryl methyl sites for hydroxylation is 2. The van der Waals surface area contributed by atoms with Gasteiger partial charge in [0.05, 0.1) is 6.07 Å². The Balaban J connectivity index is 2.24. The minimum Gasteiger partial charge on any atom is -0.357 e. The number of halogens is 1. The minimum absolute atomic E-state index is 0.215. The molecule has 0 atom stereocenters. The molecule has 0 saturated heterocycles. The maximum absolute atomic E-state index is 8.59. The number of aromatic nitrogens is 2. The number of rotatable bonds is 4. The third-order valence-corrected chi connectivity index (χ3v) is 3.13. The second kappa shape index (κ2) is 6.35. The van der Waals surface area contributed by atoms with E-state index < -0.39 is 0 Å². The third-order valence-electron chi connectivity index (χ3n) is 2.64. The number of nitrogens with one attached hydrogen (secondary N) is 2. The van der Waals surface area contributed by atoms with Crippen LogP contribution in [0.25, 0.3) is 0 Å². The van der Waals surface area contributed by atoms with Crippen molar-refractivity contribution in [2.24, 2.45) is 0 Å². The van der Waals surface area contributed by atoms with E-state index in [0.29, 0.717) is 17.5 Å². The fourth-order valence-electron chi connectivity index (χ4n) is 1.76. The standard InChI is InChI=1S/C14H14BrN5/c1-9-7-11(15)3-4-12(9)20-14-8-13(17-6-5-16)18-10(2)19-14/h3-4,7-8H,6H2,1-2H3,(H2,17,18,19,20). The summed E-state index contributed by atoms with van der Waals surface area (Å²) < 4.78 is 1.04. The molecule has 6 heteroatoms. The van der Waals surface area contributed by atoms with Gasteiger partial charge in [0.25, 0.3) is 0 Å². The van der Waals surface area contributed by atoms with Gasteiger partial charge in [-0.2, -0.15) is 5.26 Å². The van der Waals surface area contributed by atoms with Crippen molar-refractivity contribution in [1.82, 2.24) is 9.97 Å². The third kappa shape index (κ3) is 3.68. The molecule has 1 aromatic heterocycles. The summed E-state index contributed by atoms with van der Waals surface area (Å²) in [4.78, 5) is 8.57. The first-order chi connectivity index (χ1) is 9.58. The van der Waals surface area contributed by atoms with E-state index in [9.17, 15) is 0 Å². The van der Waals surface area contributed by atoms with Gasteiger partial charge < -0.3 is 10.6 Å². The van der Waals surface area contributed by atoms with Gasteiger partial charge >= 0.3 is 0 Å². The molecule has 0 saturated carbocycles. The Morgan fingerprint density at radius 1 is 1.20 bits per heavy atom. The monoisotopic (exact) mass is 331 g/mol. The van der Waals surface area contributed by atoms with E-state index in [4.69, 9.17) is 5.26 Å². The lowest BCUT2D eigenvalue weighted by atomic mass is 10.2. The topological polar surface area (TPSA) is 73.6 Å². The van der Waals surface area contributed by atoms with E-state index in [1.165, 1.54) is 0 Å². The van der Waals surface area contributed by atoms with Gasteiger partial charge in [-0.15, -0.1) is 0 Å². The van der Waals surface area contributed by atoms with Gasteiger partial charge in [-0.3, -0.25) is 0 Å². The zero-order valence-electron chi connectivity index (χ0n) is 11.2. The molecule has 0 amide bonds.